The second-order valence-electron chi connectivity index (χ2n) is 5.05. The highest BCUT2D eigenvalue weighted by atomic mass is 15.0. The van der Waals surface area contributed by atoms with Gasteiger partial charge in [0, 0.05) is 41.4 Å². The van der Waals surface area contributed by atoms with Gasteiger partial charge in [-0.25, -0.2) is 0 Å². The summed E-state index contributed by atoms with van der Waals surface area (Å²) in [6, 6.07) is 6.93. The van der Waals surface area contributed by atoms with E-state index in [1.807, 2.05) is 12.4 Å². The first-order valence-corrected chi connectivity index (χ1v) is 6.65. The predicted molar refractivity (Wildman–Crippen MR) is 76.0 cm³/mol. The van der Waals surface area contributed by atoms with Gasteiger partial charge >= 0.3 is 0 Å². The van der Waals surface area contributed by atoms with Gasteiger partial charge in [-0.1, -0.05) is 12.1 Å². The molecule has 0 spiro atoms. The molecule has 1 aliphatic rings. The normalized spacial score (nSPS) is 19.9. The number of hydrogen-bond acceptors (Lipinski definition) is 3. The minimum atomic E-state index is 0.539. The van der Waals surface area contributed by atoms with Crippen molar-refractivity contribution in [2.45, 2.75) is 25.8 Å². The van der Waals surface area contributed by atoms with Crippen LogP contribution < -0.4 is 10.6 Å². The van der Waals surface area contributed by atoms with Crippen molar-refractivity contribution in [3.8, 4) is 0 Å². The summed E-state index contributed by atoms with van der Waals surface area (Å²) >= 11 is 0. The molecular weight excluding hydrogens is 222 g/mol. The highest BCUT2D eigenvalue weighted by Crippen LogP contribution is 2.26. The molecule has 1 unspecified atom stereocenters. The Balaban J connectivity index is 1.95. The van der Waals surface area contributed by atoms with Crippen molar-refractivity contribution in [3.63, 3.8) is 0 Å². The van der Waals surface area contributed by atoms with Crippen LogP contribution in [0.1, 0.15) is 18.4 Å². The largest absolute Gasteiger partial charge is 0.381 e. The summed E-state index contributed by atoms with van der Waals surface area (Å²) in [4.78, 5) is 4.26. The van der Waals surface area contributed by atoms with Gasteiger partial charge in [0.2, 0.25) is 0 Å². The van der Waals surface area contributed by atoms with Crippen LogP contribution in [0, 0.1) is 6.92 Å². The molecule has 1 fully saturated rings. The summed E-state index contributed by atoms with van der Waals surface area (Å²) < 4.78 is 0. The molecule has 1 aromatic carbocycles. The standard InChI is InChI=1S/C15H19N3/c1-11-8-17-9-12-4-2-6-14(15(11)12)18-13-5-3-7-16-10-13/h2,4,6,8-9,13,16,18H,3,5,7,10H2,1H3. The van der Waals surface area contributed by atoms with Crippen molar-refractivity contribution in [2.75, 3.05) is 18.4 Å². The number of benzene rings is 1. The van der Waals surface area contributed by atoms with Crippen molar-refractivity contribution in [3.05, 3.63) is 36.2 Å². The van der Waals surface area contributed by atoms with Crippen molar-refractivity contribution in [1.29, 1.82) is 0 Å². The zero-order valence-corrected chi connectivity index (χ0v) is 10.7. The van der Waals surface area contributed by atoms with E-state index in [1.165, 1.54) is 34.9 Å². The maximum Gasteiger partial charge on any atom is 0.0426 e. The molecular formula is C15H19N3. The number of fused-ring (bicyclic) bond motifs is 1. The Morgan fingerprint density at radius 2 is 2.28 bits per heavy atom. The zero-order valence-electron chi connectivity index (χ0n) is 10.7. The van der Waals surface area contributed by atoms with Gasteiger partial charge in [0.05, 0.1) is 0 Å². The molecule has 1 aliphatic heterocycles. The second-order valence-corrected chi connectivity index (χ2v) is 5.05. The molecule has 3 nitrogen and oxygen atoms in total. The average molecular weight is 241 g/mol. The van der Waals surface area contributed by atoms with Crippen LogP contribution in [0.4, 0.5) is 5.69 Å². The zero-order chi connectivity index (χ0) is 12.4. The Morgan fingerprint density at radius 3 is 3.11 bits per heavy atom. The van der Waals surface area contributed by atoms with Gasteiger partial charge in [0.15, 0.2) is 0 Å². The number of nitrogens with one attached hydrogen (secondary N) is 2. The van der Waals surface area contributed by atoms with Gasteiger partial charge in [-0.2, -0.15) is 0 Å². The minimum absolute atomic E-state index is 0.539. The third kappa shape index (κ3) is 2.18. The summed E-state index contributed by atoms with van der Waals surface area (Å²) in [5.74, 6) is 0. The predicted octanol–water partition coefficient (Wildman–Crippen LogP) is 2.71. The van der Waals surface area contributed by atoms with E-state index in [0.29, 0.717) is 6.04 Å². The van der Waals surface area contributed by atoms with Crippen molar-refractivity contribution in [2.24, 2.45) is 0 Å². The van der Waals surface area contributed by atoms with E-state index < -0.39 is 0 Å². The van der Waals surface area contributed by atoms with Crippen LogP contribution in [0.2, 0.25) is 0 Å². The quantitative estimate of drug-likeness (QED) is 0.849. The molecule has 94 valence electrons. The third-order valence-corrected chi connectivity index (χ3v) is 3.63. The van der Waals surface area contributed by atoms with E-state index in [9.17, 15) is 0 Å². The van der Waals surface area contributed by atoms with E-state index >= 15 is 0 Å². The summed E-state index contributed by atoms with van der Waals surface area (Å²) in [5, 5.41) is 9.63. The van der Waals surface area contributed by atoms with Crippen molar-refractivity contribution >= 4 is 16.5 Å². The molecule has 2 heterocycles. The van der Waals surface area contributed by atoms with Gasteiger partial charge in [0.25, 0.3) is 0 Å². The number of anilines is 1. The topological polar surface area (TPSA) is 37.0 Å². The first-order chi connectivity index (χ1) is 8.84. The first-order valence-electron chi connectivity index (χ1n) is 6.65. The molecule has 0 saturated carbocycles. The van der Waals surface area contributed by atoms with Gasteiger partial charge < -0.3 is 10.6 Å². The molecule has 2 N–H and O–H groups in total. The number of aryl methyl sites for hydroxylation is 1. The molecule has 1 aromatic heterocycles. The fourth-order valence-corrected chi connectivity index (χ4v) is 2.73. The lowest BCUT2D eigenvalue weighted by molar-refractivity contribution is 0.480. The maximum atomic E-state index is 4.26. The molecule has 3 rings (SSSR count). The lowest BCUT2D eigenvalue weighted by Gasteiger charge is -2.25. The molecule has 18 heavy (non-hydrogen) atoms. The Kier molecular flexibility index (Phi) is 3.15. The second kappa shape index (κ2) is 4.94. The molecule has 0 radical (unpaired) electrons. The lowest BCUT2D eigenvalue weighted by Crippen LogP contribution is -2.38. The summed E-state index contributed by atoms with van der Waals surface area (Å²) in [5.41, 5.74) is 2.47. The van der Waals surface area contributed by atoms with Crippen molar-refractivity contribution in [1.82, 2.24) is 10.3 Å². The van der Waals surface area contributed by atoms with E-state index in [0.717, 1.165) is 13.1 Å². The maximum absolute atomic E-state index is 4.26. The first kappa shape index (κ1) is 11.5. The fraction of sp³-hybridized carbons (Fsp3) is 0.400. The molecule has 0 amide bonds. The van der Waals surface area contributed by atoms with Crippen LogP contribution in [-0.4, -0.2) is 24.1 Å². The Labute approximate surface area is 108 Å². The third-order valence-electron chi connectivity index (χ3n) is 3.63. The van der Waals surface area contributed by atoms with Crippen LogP contribution in [0.3, 0.4) is 0 Å². The van der Waals surface area contributed by atoms with E-state index in [1.54, 1.807) is 0 Å². The van der Waals surface area contributed by atoms with Crippen LogP contribution >= 0.6 is 0 Å². The number of hydrogen-bond donors (Lipinski definition) is 2. The molecule has 3 heteroatoms. The molecule has 0 aliphatic carbocycles. The fourth-order valence-electron chi connectivity index (χ4n) is 2.73. The Morgan fingerprint density at radius 1 is 1.33 bits per heavy atom. The van der Waals surface area contributed by atoms with Crippen molar-refractivity contribution < 1.29 is 0 Å². The highest BCUT2D eigenvalue weighted by Gasteiger charge is 2.14. The summed E-state index contributed by atoms with van der Waals surface area (Å²) in [7, 11) is 0. The van der Waals surface area contributed by atoms with Gasteiger partial charge in [-0.15, -0.1) is 0 Å². The number of pyridine rings is 1. The number of aromatic nitrogens is 1. The van der Waals surface area contributed by atoms with Crippen LogP contribution in [-0.2, 0) is 0 Å². The lowest BCUT2D eigenvalue weighted by atomic mass is 10.0. The molecule has 0 bridgehead atoms. The number of piperidine rings is 1. The van der Waals surface area contributed by atoms with Crippen LogP contribution in [0.25, 0.3) is 10.8 Å². The van der Waals surface area contributed by atoms with E-state index in [2.05, 4.69) is 40.7 Å². The number of rotatable bonds is 2. The summed E-state index contributed by atoms with van der Waals surface area (Å²) in [6.45, 7) is 4.33. The van der Waals surface area contributed by atoms with E-state index in [4.69, 9.17) is 0 Å². The smallest absolute Gasteiger partial charge is 0.0426 e. The average Bonchev–Trinajstić information content (AvgIpc) is 2.40. The minimum Gasteiger partial charge on any atom is -0.381 e. The van der Waals surface area contributed by atoms with Gasteiger partial charge in [-0.05, 0) is 37.9 Å². The molecule has 1 atom stereocenters. The summed E-state index contributed by atoms with van der Waals surface area (Å²) in [6.07, 6.45) is 6.37. The monoisotopic (exact) mass is 241 g/mol. The number of nitrogens with zero attached hydrogens (tertiary/aromatic N) is 1. The molecule has 1 saturated heterocycles. The van der Waals surface area contributed by atoms with Crippen LogP contribution in [0.5, 0.6) is 0 Å². The van der Waals surface area contributed by atoms with Crippen LogP contribution in [0.15, 0.2) is 30.6 Å². The van der Waals surface area contributed by atoms with Gasteiger partial charge in [0.1, 0.15) is 0 Å². The Hall–Kier alpha value is -1.61. The highest BCUT2D eigenvalue weighted by molar-refractivity contribution is 5.95. The molecule has 2 aromatic rings. The van der Waals surface area contributed by atoms with E-state index in [-0.39, 0.29) is 0 Å². The Bertz CT molecular complexity index is 539. The SMILES string of the molecule is Cc1cncc2cccc(NC3CCCNC3)c12. The van der Waals surface area contributed by atoms with Gasteiger partial charge in [-0.3, -0.25) is 4.98 Å².